The number of Topliss-reactive ketones (excluding diaryl/α,β-unsaturated/α-hetero) is 1. The van der Waals surface area contributed by atoms with Gasteiger partial charge in [0.1, 0.15) is 0 Å². The third-order valence-electron chi connectivity index (χ3n) is 3.70. The van der Waals surface area contributed by atoms with Crippen LogP contribution in [0, 0.1) is 0 Å². The molecule has 0 aromatic heterocycles. The van der Waals surface area contributed by atoms with E-state index in [9.17, 15) is 14.7 Å². The molecule has 0 bridgehead atoms. The van der Waals surface area contributed by atoms with Crippen LogP contribution in [0.2, 0.25) is 0 Å². The molecule has 0 spiro atoms. The van der Waals surface area contributed by atoms with E-state index in [1.54, 1.807) is 42.5 Å². The number of aliphatic hydroxyl groups is 1. The van der Waals surface area contributed by atoms with Crippen molar-refractivity contribution >= 4 is 39.0 Å². The second-order valence-corrected chi connectivity index (χ2v) is 6.14. The molecular formula is C16H13BrN2O3. The molecule has 2 aromatic carbocycles. The Morgan fingerprint density at radius 2 is 1.91 bits per heavy atom. The Balaban J connectivity index is 1.94. The molecule has 0 radical (unpaired) electrons. The average molecular weight is 361 g/mol. The van der Waals surface area contributed by atoms with E-state index >= 15 is 0 Å². The molecule has 1 heterocycles. The third kappa shape index (κ3) is 2.40. The smallest absolute Gasteiger partial charge is 0.261 e. The molecule has 0 fully saturated rings. The van der Waals surface area contributed by atoms with Gasteiger partial charge in [-0.25, -0.2) is 0 Å². The van der Waals surface area contributed by atoms with Crippen LogP contribution in [0.1, 0.15) is 22.3 Å². The van der Waals surface area contributed by atoms with Gasteiger partial charge < -0.3 is 16.2 Å². The highest BCUT2D eigenvalue weighted by molar-refractivity contribution is 9.10. The summed E-state index contributed by atoms with van der Waals surface area (Å²) in [4.78, 5) is 24.5. The number of carbonyl (C=O) groups excluding carboxylic acids is 2. The molecule has 1 amide bonds. The Kier molecular flexibility index (Phi) is 3.50. The van der Waals surface area contributed by atoms with Crippen molar-refractivity contribution in [3.05, 3.63) is 58.1 Å². The number of amides is 1. The first-order valence-electron chi connectivity index (χ1n) is 6.63. The van der Waals surface area contributed by atoms with Crippen molar-refractivity contribution in [2.24, 2.45) is 0 Å². The zero-order valence-corrected chi connectivity index (χ0v) is 13.1. The van der Waals surface area contributed by atoms with Gasteiger partial charge in [-0.2, -0.15) is 0 Å². The van der Waals surface area contributed by atoms with Crippen LogP contribution in [-0.2, 0) is 10.4 Å². The van der Waals surface area contributed by atoms with Gasteiger partial charge in [0.25, 0.3) is 5.91 Å². The molecule has 6 heteroatoms. The highest BCUT2D eigenvalue weighted by Gasteiger charge is 2.46. The summed E-state index contributed by atoms with van der Waals surface area (Å²) in [5, 5.41) is 13.3. The summed E-state index contributed by atoms with van der Waals surface area (Å²) in [6, 6.07) is 11.5. The van der Waals surface area contributed by atoms with Gasteiger partial charge in [0.05, 0.1) is 6.42 Å². The molecule has 0 unspecified atom stereocenters. The molecule has 112 valence electrons. The second kappa shape index (κ2) is 5.23. The fourth-order valence-corrected chi connectivity index (χ4v) is 2.86. The number of halogens is 1. The maximum Gasteiger partial charge on any atom is 0.261 e. The Labute approximate surface area is 135 Å². The number of carbonyl (C=O) groups is 2. The number of nitrogens with one attached hydrogen (secondary N) is 1. The minimum Gasteiger partial charge on any atom is -0.399 e. The lowest BCUT2D eigenvalue weighted by molar-refractivity contribution is -0.133. The van der Waals surface area contributed by atoms with E-state index in [1.165, 1.54) is 0 Å². The van der Waals surface area contributed by atoms with E-state index in [4.69, 9.17) is 5.73 Å². The highest BCUT2D eigenvalue weighted by Crippen LogP contribution is 2.40. The van der Waals surface area contributed by atoms with Crippen LogP contribution >= 0.6 is 15.9 Å². The van der Waals surface area contributed by atoms with E-state index in [1.807, 2.05) is 0 Å². The van der Waals surface area contributed by atoms with E-state index < -0.39 is 11.5 Å². The predicted molar refractivity (Wildman–Crippen MR) is 86.5 cm³/mol. The summed E-state index contributed by atoms with van der Waals surface area (Å²) in [7, 11) is 0. The number of ketones is 1. The zero-order valence-electron chi connectivity index (χ0n) is 11.5. The quantitative estimate of drug-likeness (QED) is 0.578. The zero-order chi connectivity index (χ0) is 15.9. The van der Waals surface area contributed by atoms with E-state index in [-0.39, 0.29) is 12.2 Å². The molecule has 22 heavy (non-hydrogen) atoms. The Morgan fingerprint density at radius 3 is 2.59 bits per heavy atom. The van der Waals surface area contributed by atoms with E-state index in [2.05, 4.69) is 21.2 Å². The Morgan fingerprint density at radius 1 is 1.23 bits per heavy atom. The minimum absolute atomic E-state index is 0.327. The molecule has 0 saturated heterocycles. The molecule has 1 atom stereocenters. The molecule has 1 aliphatic heterocycles. The SMILES string of the molecule is Nc1ccc(C(=O)C[C@]2(O)C(=O)Nc3ccc(Br)cc32)cc1. The first-order valence-corrected chi connectivity index (χ1v) is 7.42. The van der Waals surface area contributed by atoms with Gasteiger partial charge in [-0.3, -0.25) is 9.59 Å². The number of nitrogens with two attached hydrogens (primary N) is 1. The number of fused-ring (bicyclic) bond motifs is 1. The van der Waals surface area contributed by atoms with Crippen molar-refractivity contribution in [2.75, 3.05) is 11.1 Å². The van der Waals surface area contributed by atoms with Crippen LogP contribution in [0.4, 0.5) is 11.4 Å². The number of rotatable bonds is 3. The molecule has 5 nitrogen and oxygen atoms in total. The maximum atomic E-state index is 12.4. The van der Waals surface area contributed by atoms with Crippen LogP contribution in [0.15, 0.2) is 46.9 Å². The monoisotopic (exact) mass is 360 g/mol. The lowest BCUT2D eigenvalue weighted by Gasteiger charge is -2.20. The van der Waals surface area contributed by atoms with Gasteiger partial charge in [-0.1, -0.05) is 15.9 Å². The largest absolute Gasteiger partial charge is 0.399 e. The van der Waals surface area contributed by atoms with Crippen molar-refractivity contribution in [2.45, 2.75) is 12.0 Å². The first kappa shape index (κ1) is 14.7. The third-order valence-corrected chi connectivity index (χ3v) is 4.19. The van der Waals surface area contributed by atoms with E-state index in [0.29, 0.717) is 22.5 Å². The van der Waals surface area contributed by atoms with Gasteiger partial charge in [0.2, 0.25) is 0 Å². The normalized spacial score (nSPS) is 19.6. The van der Waals surface area contributed by atoms with Crippen LogP contribution in [0.5, 0.6) is 0 Å². The summed E-state index contributed by atoms with van der Waals surface area (Å²) >= 11 is 3.31. The van der Waals surface area contributed by atoms with Gasteiger partial charge in [-0.05, 0) is 42.5 Å². The molecule has 0 saturated carbocycles. The summed E-state index contributed by atoms with van der Waals surface area (Å²) in [5.41, 5.74) is 5.58. The van der Waals surface area contributed by atoms with Crippen molar-refractivity contribution in [3.63, 3.8) is 0 Å². The summed E-state index contributed by atoms with van der Waals surface area (Å²) in [5.74, 6) is -0.921. The van der Waals surface area contributed by atoms with Gasteiger partial charge >= 0.3 is 0 Å². The van der Waals surface area contributed by atoms with Gasteiger partial charge in [0.15, 0.2) is 11.4 Å². The predicted octanol–water partition coefficient (Wildman–Crippen LogP) is 2.44. The van der Waals surface area contributed by atoms with Crippen LogP contribution in [0.3, 0.4) is 0 Å². The fraction of sp³-hybridized carbons (Fsp3) is 0.125. The van der Waals surface area contributed by atoms with Crippen LogP contribution in [0.25, 0.3) is 0 Å². The lowest BCUT2D eigenvalue weighted by Crippen LogP contribution is -2.36. The summed E-state index contributed by atoms with van der Waals surface area (Å²) in [6.45, 7) is 0. The molecule has 0 aliphatic carbocycles. The summed E-state index contributed by atoms with van der Waals surface area (Å²) < 4.78 is 0.723. The molecule has 1 aliphatic rings. The van der Waals surface area contributed by atoms with Crippen LogP contribution < -0.4 is 11.1 Å². The molecule has 2 aromatic rings. The topological polar surface area (TPSA) is 92.4 Å². The Hall–Kier alpha value is -2.18. The number of hydrogen-bond donors (Lipinski definition) is 3. The van der Waals surface area contributed by atoms with Crippen molar-refractivity contribution < 1.29 is 14.7 Å². The number of nitrogen functional groups attached to an aromatic ring is 1. The van der Waals surface area contributed by atoms with Crippen molar-refractivity contribution in [1.29, 1.82) is 0 Å². The van der Waals surface area contributed by atoms with Crippen molar-refractivity contribution in [1.82, 2.24) is 0 Å². The van der Waals surface area contributed by atoms with Gasteiger partial charge in [0, 0.05) is 27.0 Å². The molecule has 4 N–H and O–H groups in total. The number of benzene rings is 2. The molecular weight excluding hydrogens is 348 g/mol. The minimum atomic E-state index is -1.86. The van der Waals surface area contributed by atoms with Crippen molar-refractivity contribution in [3.8, 4) is 0 Å². The summed E-state index contributed by atoms with van der Waals surface area (Å²) in [6.07, 6.45) is -0.327. The average Bonchev–Trinajstić information content (AvgIpc) is 2.71. The Bertz CT molecular complexity index is 773. The van der Waals surface area contributed by atoms with E-state index in [0.717, 1.165) is 4.47 Å². The standard InChI is InChI=1S/C16H13BrN2O3/c17-10-3-6-13-12(7-10)16(22,15(21)19-13)8-14(20)9-1-4-11(18)5-2-9/h1-7,22H,8,18H2,(H,19,21)/t16-/m1/s1. The second-order valence-electron chi connectivity index (χ2n) is 5.23. The lowest BCUT2D eigenvalue weighted by atomic mass is 9.88. The number of hydrogen-bond acceptors (Lipinski definition) is 4. The van der Waals surface area contributed by atoms with Gasteiger partial charge in [-0.15, -0.1) is 0 Å². The highest BCUT2D eigenvalue weighted by atomic mass is 79.9. The number of anilines is 2. The maximum absolute atomic E-state index is 12.4. The molecule has 3 rings (SSSR count). The van der Waals surface area contributed by atoms with Crippen LogP contribution in [-0.4, -0.2) is 16.8 Å². The first-order chi connectivity index (χ1) is 10.4. The fourth-order valence-electron chi connectivity index (χ4n) is 2.49.